The van der Waals surface area contributed by atoms with Crippen LogP contribution in [0.3, 0.4) is 0 Å². The Kier molecular flexibility index (Phi) is 4.99. The number of aromatic nitrogens is 2. The average molecular weight is 378 g/mol. The van der Waals surface area contributed by atoms with Crippen molar-refractivity contribution in [3.8, 4) is 0 Å². The van der Waals surface area contributed by atoms with Gasteiger partial charge < -0.3 is 14.2 Å². The number of benzene rings is 1. The highest BCUT2D eigenvalue weighted by atomic mass is 32.2. The first-order valence-electron chi connectivity index (χ1n) is 8.43. The molecule has 140 valence electrons. The highest BCUT2D eigenvalue weighted by Gasteiger charge is 2.25. The van der Waals surface area contributed by atoms with Gasteiger partial charge in [-0.1, -0.05) is 25.0 Å². The molecule has 2 heterocycles. The van der Waals surface area contributed by atoms with Crippen LogP contribution in [0.2, 0.25) is 0 Å². The van der Waals surface area contributed by atoms with Crippen molar-refractivity contribution in [2.75, 3.05) is 37.3 Å². The van der Waals surface area contributed by atoms with Gasteiger partial charge in [-0.3, -0.25) is 4.79 Å². The highest BCUT2D eigenvalue weighted by molar-refractivity contribution is 7.90. The molecule has 8 nitrogen and oxygen atoms in total. The maximum Gasteiger partial charge on any atom is 0.318 e. The molecule has 1 aliphatic heterocycles. The summed E-state index contributed by atoms with van der Waals surface area (Å²) in [6.07, 6.45) is 1.13. The molecule has 0 saturated carbocycles. The summed E-state index contributed by atoms with van der Waals surface area (Å²) in [5.74, 6) is 0.584. The second-order valence-corrected chi connectivity index (χ2v) is 8.67. The van der Waals surface area contributed by atoms with Crippen molar-refractivity contribution in [1.29, 1.82) is 0 Å². The molecular weight excluding hydrogens is 356 g/mol. The molecule has 0 aliphatic carbocycles. The van der Waals surface area contributed by atoms with E-state index in [1.807, 2.05) is 18.7 Å². The predicted molar refractivity (Wildman–Crippen MR) is 96.1 cm³/mol. The predicted octanol–water partition coefficient (Wildman–Crippen LogP) is 1.56. The van der Waals surface area contributed by atoms with E-state index in [4.69, 9.17) is 4.42 Å². The fourth-order valence-electron chi connectivity index (χ4n) is 2.73. The van der Waals surface area contributed by atoms with Crippen molar-refractivity contribution in [3.63, 3.8) is 0 Å². The second-order valence-electron chi connectivity index (χ2n) is 6.66. The molecule has 1 aromatic carbocycles. The van der Waals surface area contributed by atoms with E-state index in [-0.39, 0.29) is 16.7 Å². The summed E-state index contributed by atoms with van der Waals surface area (Å²) in [7, 11) is -3.35. The topological polar surface area (TPSA) is 96.6 Å². The van der Waals surface area contributed by atoms with Crippen LogP contribution in [-0.2, 0) is 9.84 Å². The molecule has 1 aromatic heterocycles. The van der Waals surface area contributed by atoms with E-state index in [0.717, 1.165) is 6.26 Å². The van der Waals surface area contributed by atoms with E-state index in [1.54, 1.807) is 17.0 Å². The van der Waals surface area contributed by atoms with E-state index < -0.39 is 9.84 Å². The SMILES string of the molecule is CC(C)c1nnc(N2CCN(C(=O)c3cccc(S(C)(=O)=O)c3)CC2)o1. The number of amides is 1. The van der Waals surface area contributed by atoms with Gasteiger partial charge in [0.25, 0.3) is 5.91 Å². The third-order valence-corrected chi connectivity index (χ3v) is 5.38. The third-order valence-electron chi connectivity index (χ3n) is 4.27. The first-order valence-corrected chi connectivity index (χ1v) is 10.3. The van der Waals surface area contributed by atoms with Crippen LogP contribution in [-0.4, -0.2) is 61.9 Å². The minimum Gasteiger partial charge on any atom is -0.408 e. The number of rotatable bonds is 4. The first kappa shape index (κ1) is 18.4. The van der Waals surface area contributed by atoms with Gasteiger partial charge in [0.1, 0.15) is 0 Å². The van der Waals surface area contributed by atoms with Gasteiger partial charge in [-0.05, 0) is 18.2 Å². The largest absolute Gasteiger partial charge is 0.408 e. The molecule has 3 rings (SSSR count). The van der Waals surface area contributed by atoms with E-state index in [9.17, 15) is 13.2 Å². The Morgan fingerprint density at radius 2 is 1.85 bits per heavy atom. The van der Waals surface area contributed by atoms with Gasteiger partial charge >= 0.3 is 6.01 Å². The Hall–Kier alpha value is -2.42. The molecule has 1 aliphatic rings. The quantitative estimate of drug-likeness (QED) is 0.796. The summed E-state index contributed by atoms with van der Waals surface area (Å²) in [6.45, 7) is 6.13. The van der Waals surface area contributed by atoms with Crippen LogP contribution in [0.15, 0.2) is 33.6 Å². The molecule has 0 spiro atoms. The molecule has 0 atom stereocenters. The lowest BCUT2D eigenvalue weighted by Crippen LogP contribution is -2.49. The van der Waals surface area contributed by atoms with E-state index >= 15 is 0 Å². The monoisotopic (exact) mass is 378 g/mol. The fourth-order valence-corrected chi connectivity index (χ4v) is 3.40. The Labute approximate surface area is 152 Å². The molecular formula is C17H22N4O4S. The lowest BCUT2D eigenvalue weighted by Gasteiger charge is -2.33. The van der Waals surface area contributed by atoms with Gasteiger partial charge in [0.15, 0.2) is 9.84 Å². The van der Waals surface area contributed by atoms with Gasteiger partial charge in [0, 0.05) is 43.9 Å². The Morgan fingerprint density at radius 3 is 2.42 bits per heavy atom. The molecule has 0 bridgehead atoms. The van der Waals surface area contributed by atoms with Crippen LogP contribution in [0.4, 0.5) is 6.01 Å². The summed E-state index contributed by atoms with van der Waals surface area (Å²) in [4.78, 5) is 16.5. The third kappa shape index (κ3) is 3.87. The molecule has 0 radical (unpaired) electrons. The standard InChI is InChI=1S/C17H22N4O4S/c1-12(2)15-18-19-17(25-15)21-9-7-20(8-10-21)16(22)13-5-4-6-14(11-13)26(3,23)24/h4-6,11-12H,7-10H2,1-3H3. The summed E-state index contributed by atoms with van der Waals surface area (Å²) in [6, 6.07) is 6.62. The lowest BCUT2D eigenvalue weighted by atomic mass is 10.2. The summed E-state index contributed by atoms with van der Waals surface area (Å²) in [5.41, 5.74) is 0.376. The van der Waals surface area contributed by atoms with Gasteiger partial charge in [-0.25, -0.2) is 8.42 Å². The summed E-state index contributed by atoms with van der Waals surface area (Å²) < 4.78 is 29.0. The van der Waals surface area contributed by atoms with Crippen LogP contribution in [0, 0.1) is 0 Å². The van der Waals surface area contributed by atoms with Crippen molar-refractivity contribution in [3.05, 3.63) is 35.7 Å². The zero-order chi connectivity index (χ0) is 18.9. The Bertz CT molecular complexity index is 899. The van der Waals surface area contributed by atoms with Crippen molar-refractivity contribution < 1.29 is 17.6 Å². The van der Waals surface area contributed by atoms with Crippen molar-refractivity contribution in [2.45, 2.75) is 24.7 Å². The van der Waals surface area contributed by atoms with Crippen LogP contribution in [0.5, 0.6) is 0 Å². The maximum atomic E-state index is 12.7. The molecule has 9 heteroatoms. The van der Waals surface area contributed by atoms with Crippen LogP contribution >= 0.6 is 0 Å². The van der Waals surface area contributed by atoms with E-state index in [2.05, 4.69) is 10.2 Å². The molecule has 1 amide bonds. The number of sulfone groups is 1. The normalized spacial score (nSPS) is 15.5. The molecule has 1 fully saturated rings. The highest BCUT2D eigenvalue weighted by Crippen LogP contribution is 2.20. The summed E-state index contributed by atoms with van der Waals surface area (Å²) >= 11 is 0. The van der Waals surface area contributed by atoms with E-state index in [1.165, 1.54) is 12.1 Å². The van der Waals surface area contributed by atoms with Gasteiger partial charge in [0.2, 0.25) is 5.89 Å². The van der Waals surface area contributed by atoms with Crippen LogP contribution in [0.1, 0.15) is 36.0 Å². The average Bonchev–Trinajstić information content (AvgIpc) is 3.11. The minimum absolute atomic E-state index is 0.147. The lowest BCUT2D eigenvalue weighted by molar-refractivity contribution is 0.0744. The first-order chi connectivity index (χ1) is 12.3. The molecule has 26 heavy (non-hydrogen) atoms. The van der Waals surface area contributed by atoms with Crippen molar-refractivity contribution in [1.82, 2.24) is 15.1 Å². The zero-order valence-electron chi connectivity index (χ0n) is 15.0. The molecule has 0 unspecified atom stereocenters. The maximum absolute atomic E-state index is 12.7. The number of hydrogen-bond acceptors (Lipinski definition) is 7. The van der Waals surface area contributed by atoms with E-state index in [0.29, 0.717) is 43.6 Å². The molecule has 0 N–H and O–H groups in total. The van der Waals surface area contributed by atoms with Crippen molar-refractivity contribution >= 4 is 21.8 Å². The van der Waals surface area contributed by atoms with Gasteiger partial charge in [0.05, 0.1) is 4.90 Å². The van der Waals surface area contributed by atoms with Crippen LogP contribution < -0.4 is 4.90 Å². The number of carbonyl (C=O) groups is 1. The number of carbonyl (C=O) groups excluding carboxylic acids is 1. The van der Waals surface area contributed by atoms with Crippen LogP contribution in [0.25, 0.3) is 0 Å². The number of hydrogen-bond donors (Lipinski definition) is 0. The minimum atomic E-state index is -3.35. The smallest absolute Gasteiger partial charge is 0.318 e. The number of anilines is 1. The molecule has 2 aromatic rings. The molecule has 1 saturated heterocycles. The zero-order valence-corrected chi connectivity index (χ0v) is 15.9. The second kappa shape index (κ2) is 7.06. The van der Waals surface area contributed by atoms with Gasteiger partial charge in [-0.2, -0.15) is 0 Å². The Balaban J connectivity index is 1.67. The number of piperazine rings is 1. The fraction of sp³-hybridized carbons (Fsp3) is 0.471. The summed E-state index contributed by atoms with van der Waals surface area (Å²) in [5, 5.41) is 8.10. The number of nitrogens with zero attached hydrogens (tertiary/aromatic N) is 4. The van der Waals surface area contributed by atoms with Crippen molar-refractivity contribution in [2.24, 2.45) is 0 Å². The Morgan fingerprint density at radius 1 is 1.15 bits per heavy atom. The van der Waals surface area contributed by atoms with Gasteiger partial charge in [-0.15, -0.1) is 5.10 Å².